The Labute approximate surface area is 171 Å². The molecular weight excluding hydrogens is 352 g/mol. The molecule has 140 valence electrons. The predicted octanol–water partition coefficient (Wildman–Crippen LogP) is 6.79. The van der Waals surface area contributed by atoms with E-state index in [1.165, 1.54) is 38.6 Å². The fourth-order valence-electron chi connectivity index (χ4n) is 5.42. The van der Waals surface area contributed by atoms with Crippen LogP contribution in [0.4, 0.5) is 0 Å². The molecule has 0 spiro atoms. The van der Waals surface area contributed by atoms with Crippen molar-refractivity contribution in [2.75, 3.05) is 0 Å². The molecule has 0 aliphatic heterocycles. The molecule has 0 aromatic heterocycles. The van der Waals surface area contributed by atoms with E-state index in [4.69, 9.17) is 0 Å². The normalized spacial score (nSPS) is 19.7. The first-order valence-corrected chi connectivity index (χ1v) is 10.5. The number of fused-ring (bicyclic) bond motifs is 5. The van der Waals surface area contributed by atoms with E-state index < -0.39 is 0 Å². The average Bonchev–Trinajstić information content (AvgIpc) is 3.07. The molecular formula is C28H22O. The quantitative estimate of drug-likeness (QED) is 0.378. The SMILES string of the molecule is O=C1c2ccccc2CCC1CC1c2ccccc2-c2cc3ccccc3cc21. The Morgan fingerprint density at radius 1 is 0.690 bits per heavy atom. The second-order valence-electron chi connectivity index (χ2n) is 8.42. The molecule has 0 heterocycles. The number of hydrogen-bond acceptors (Lipinski definition) is 1. The van der Waals surface area contributed by atoms with E-state index in [1.807, 2.05) is 18.2 Å². The number of aryl methyl sites for hydroxylation is 1. The molecule has 0 fully saturated rings. The van der Waals surface area contributed by atoms with E-state index in [0.29, 0.717) is 11.7 Å². The first-order chi connectivity index (χ1) is 14.3. The van der Waals surface area contributed by atoms with Crippen molar-refractivity contribution in [3.8, 4) is 11.1 Å². The maximum absolute atomic E-state index is 13.2. The van der Waals surface area contributed by atoms with Gasteiger partial charge in [0.2, 0.25) is 0 Å². The van der Waals surface area contributed by atoms with Crippen molar-refractivity contribution in [1.29, 1.82) is 0 Å². The van der Waals surface area contributed by atoms with E-state index in [0.717, 1.165) is 24.8 Å². The van der Waals surface area contributed by atoms with Gasteiger partial charge in [0, 0.05) is 17.4 Å². The maximum atomic E-state index is 13.2. The standard InChI is InChI=1S/C28H22O/c29-28-21(14-13-18-7-3-4-10-22(18)28)17-26-24-12-6-5-11-23(24)25-15-19-8-1-2-9-20(19)16-27(25)26/h1-12,15-16,21,26H,13-14,17H2. The van der Waals surface area contributed by atoms with Crippen molar-refractivity contribution < 1.29 is 4.79 Å². The molecule has 4 aromatic rings. The van der Waals surface area contributed by atoms with E-state index in [1.54, 1.807) is 0 Å². The van der Waals surface area contributed by atoms with Gasteiger partial charge in [-0.05, 0) is 70.0 Å². The minimum Gasteiger partial charge on any atom is -0.294 e. The smallest absolute Gasteiger partial charge is 0.166 e. The zero-order valence-electron chi connectivity index (χ0n) is 16.3. The van der Waals surface area contributed by atoms with Gasteiger partial charge in [-0.25, -0.2) is 0 Å². The van der Waals surface area contributed by atoms with Gasteiger partial charge in [-0.2, -0.15) is 0 Å². The van der Waals surface area contributed by atoms with Gasteiger partial charge in [0.15, 0.2) is 5.78 Å². The van der Waals surface area contributed by atoms with E-state index in [2.05, 4.69) is 66.7 Å². The van der Waals surface area contributed by atoms with E-state index >= 15 is 0 Å². The van der Waals surface area contributed by atoms with Crippen LogP contribution in [-0.4, -0.2) is 5.78 Å². The second kappa shape index (κ2) is 6.42. The Hall–Kier alpha value is -3.19. The first kappa shape index (κ1) is 16.7. The summed E-state index contributed by atoms with van der Waals surface area (Å²) in [6.45, 7) is 0. The summed E-state index contributed by atoms with van der Waals surface area (Å²) in [5.74, 6) is 0.726. The largest absolute Gasteiger partial charge is 0.294 e. The van der Waals surface area contributed by atoms with Crippen LogP contribution in [-0.2, 0) is 6.42 Å². The topological polar surface area (TPSA) is 17.1 Å². The Kier molecular flexibility index (Phi) is 3.70. The summed E-state index contributed by atoms with van der Waals surface area (Å²) >= 11 is 0. The summed E-state index contributed by atoms with van der Waals surface area (Å²) in [5.41, 5.74) is 7.59. The van der Waals surface area contributed by atoms with Crippen LogP contribution in [0.3, 0.4) is 0 Å². The zero-order valence-corrected chi connectivity index (χ0v) is 16.3. The summed E-state index contributed by atoms with van der Waals surface area (Å²) in [7, 11) is 0. The molecule has 0 saturated carbocycles. The lowest BCUT2D eigenvalue weighted by atomic mass is 9.76. The lowest BCUT2D eigenvalue weighted by molar-refractivity contribution is 0.0892. The molecule has 1 nitrogen and oxygen atoms in total. The third-order valence-electron chi connectivity index (χ3n) is 6.86. The fraction of sp³-hybridized carbons (Fsp3) is 0.179. The van der Waals surface area contributed by atoms with Crippen LogP contribution in [0.1, 0.15) is 45.8 Å². The van der Waals surface area contributed by atoms with Crippen molar-refractivity contribution in [1.82, 2.24) is 0 Å². The lowest BCUT2D eigenvalue weighted by Crippen LogP contribution is -2.24. The van der Waals surface area contributed by atoms with Crippen LogP contribution >= 0.6 is 0 Å². The van der Waals surface area contributed by atoms with Gasteiger partial charge in [0.1, 0.15) is 0 Å². The van der Waals surface area contributed by atoms with Gasteiger partial charge in [0.05, 0.1) is 0 Å². The van der Waals surface area contributed by atoms with Crippen LogP contribution in [0.25, 0.3) is 21.9 Å². The molecule has 2 aliphatic carbocycles. The minimum atomic E-state index is 0.0976. The van der Waals surface area contributed by atoms with E-state index in [-0.39, 0.29) is 5.92 Å². The third kappa shape index (κ3) is 2.57. The lowest BCUT2D eigenvalue weighted by Gasteiger charge is -2.26. The van der Waals surface area contributed by atoms with Crippen molar-refractivity contribution >= 4 is 16.6 Å². The summed E-state index contributed by atoms with van der Waals surface area (Å²) in [4.78, 5) is 13.2. The highest BCUT2D eigenvalue weighted by Gasteiger charge is 2.35. The maximum Gasteiger partial charge on any atom is 0.166 e. The van der Waals surface area contributed by atoms with Gasteiger partial charge < -0.3 is 0 Å². The highest BCUT2D eigenvalue weighted by molar-refractivity contribution is 6.00. The summed E-state index contributed by atoms with van der Waals surface area (Å²) < 4.78 is 0. The molecule has 1 heteroatoms. The number of benzene rings is 4. The third-order valence-corrected chi connectivity index (χ3v) is 6.86. The van der Waals surface area contributed by atoms with Gasteiger partial charge in [-0.1, -0.05) is 72.8 Å². The number of rotatable bonds is 2. The molecule has 29 heavy (non-hydrogen) atoms. The van der Waals surface area contributed by atoms with Crippen molar-refractivity contribution in [3.63, 3.8) is 0 Å². The minimum absolute atomic E-state index is 0.0976. The highest BCUT2D eigenvalue weighted by atomic mass is 16.1. The molecule has 0 N–H and O–H groups in total. The Morgan fingerprint density at radius 2 is 1.38 bits per heavy atom. The molecule has 6 rings (SSSR count). The number of Topliss-reactive ketones (excluding diaryl/α,β-unsaturated/α-hetero) is 1. The van der Waals surface area contributed by atoms with E-state index in [9.17, 15) is 4.79 Å². The highest BCUT2D eigenvalue weighted by Crippen LogP contribution is 2.49. The molecule has 0 amide bonds. The predicted molar refractivity (Wildman–Crippen MR) is 118 cm³/mol. The Morgan fingerprint density at radius 3 is 2.24 bits per heavy atom. The van der Waals surface area contributed by atoms with Crippen molar-refractivity contribution in [3.05, 3.63) is 107 Å². The summed E-state index contributed by atoms with van der Waals surface area (Å²) in [6, 6.07) is 30.2. The van der Waals surface area contributed by atoms with Crippen LogP contribution in [0.5, 0.6) is 0 Å². The number of carbonyl (C=O) groups is 1. The Bertz CT molecular complexity index is 1270. The number of carbonyl (C=O) groups excluding carboxylic acids is 1. The van der Waals surface area contributed by atoms with Crippen LogP contribution in [0.2, 0.25) is 0 Å². The number of ketones is 1. The Balaban J connectivity index is 1.44. The van der Waals surface area contributed by atoms with Gasteiger partial charge in [0.25, 0.3) is 0 Å². The number of hydrogen-bond donors (Lipinski definition) is 0. The molecule has 2 unspecified atom stereocenters. The van der Waals surface area contributed by atoms with Gasteiger partial charge in [-0.3, -0.25) is 4.79 Å². The molecule has 2 atom stereocenters. The zero-order chi connectivity index (χ0) is 19.4. The van der Waals surface area contributed by atoms with Crippen molar-refractivity contribution in [2.24, 2.45) is 5.92 Å². The molecule has 0 bridgehead atoms. The fourth-order valence-corrected chi connectivity index (χ4v) is 5.42. The summed E-state index contributed by atoms with van der Waals surface area (Å²) in [5, 5.41) is 2.56. The summed E-state index contributed by atoms with van der Waals surface area (Å²) in [6.07, 6.45) is 2.86. The van der Waals surface area contributed by atoms with Gasteiger partial charge >= 0.3 is 0 Å². The van der Waals surface area contributed by atoms with Crippen molar-refractivity contribution in [2.45, 2.75) is 25.2 Å². The molecule has 0 saturated heterocycles. The van der Waals surface area contributed by atoms with Crippen LogP contribution < -0.4 is 0 Å². The monoisotopic (exact) mass is 374 g/mol. The first-order valence-electron chi connectivity index (χ1n) is 10.5. The molecule has 4 aromatic carbocycles. The van der Waals surface area contributed by atoms with Crippen LogP contribution in [0, 0.1) is 5.92 Å². The van der Waals surface area contributed by atoms with Gasteiger partial charge in [-0.15, -0.1) is 0 Å². The average molecular weight is 374 g/mol. The molecule has 2 aliphatic rings. The van der Waals surface area contributed by atoms with Crippen LogP contribution in [0.15, 0.2) is 84.9 Å². The molecule has 0 radical (unpaired) electrons. The second-order valence-corrected chi connectivity index (χ2v) is 8.42.